The quantitative estimate of drug-likeness (QED) is 0.628. The maximum atomic E-state index is 10.6. The molecule has 7 heteroatoms. The number of carboxylic acids is 1. The molecule has 6 nitrogen and oxygen atoms in total. The number of carboxylic acid groups (broad SMARTS) is 1. The van der Waals surface area contributed by atoms with E-state index in [0.29, 0.717) is 10.6 Å². The van der Waals surface area contributed by atoms with Gasteiger partial charge in [0.25, 0.3) is 0 Å². The second-order valence-electron chi connectivity index (χ2n) is 3.47. The third kappa shape index (κ3) is 2.07. The van der Waals surface area contributed by atoms with Gasteiger partial charge in [-0.3, -0.25) is 0 Å². The van der Waals surface area contributed by atoms with E-state index in [2.05, 4.69) is 4.98 Å². The van der Waals surface area contributed by atoms with Crippen LogP contribution in [0.1, 0.15) is 11.7 Å². The third-order valence-electron chi connectivity index (χ3n) is 2.34. The molecule has 0 aliphatic rings. The van der Waals surface area contributed by atoms with Crippen LogP contribution in [0.25, 0.3) is 10.2 Å². The van der Waals surface area contributed by atoms with Gasteiger partial charge in [-0.2, -0.15) is 0 Å². The summed E-state index contributed by atoms with van der Waals surface area (Å²) in [6.45, 7) is 0. The Balaban J connectivity index is 2.51. The number of aliphatic hydroxyl groups is 2. The number of nitrogens with zero attached hydrogens (tertiary/aromatic N) is 1. The molecule has 2 rings (SSSR count). The standard InChI is InChI=1S/C10H10N2O4S/c11-10-12-6-4(2-1-3-5(6)17-10)7(13)8(14)9(15)16/h1-3,7-8,13-14H,(H2,11,12)(H,15,16). The fourth-order valence-electron chi connectivity index (χ4n) is 1.53. The van der Waals surface area contributed by atoms with Crippen LogP contribution in [0.4, 0.5) is 5.13 Å². The molecule has 1 aromatic carbocycles. The molecule has 0 saturated carbocycles. The third-order valence-corrected chi connectivity index (χ3v) is 3.19. The molecule has 0 radical (unpaired) electrons. The Bertz CT molecular complexity index is 568. The van der Waals surface area contributed by atoms with Gasteiger partial charge in [0.2, 0.25) is 0 Å². The van der Waals surface area contributed by atoms with Crippen LogP contribution in [-0.4, -0.2) is 32.4 Å². The van der Waals surface area contributed by atoms with Crippen molar-refractivity contribution in [3.8, 4) is 0 Å². The number of aliphatic carboxylic acids is 1. The minimum Gasteiger partial charge on any atom is -0.479 e. The number of carbonyl (C=O) groups is 1. The minimum absolute atomic E-state index is 0.255. The molecule has 1 aromatic heterocycles. The predicted octanol–water partition coefficient (Wildman–Crippen LogP) is 0.357. The smallest absolute Gasteiger partial charge is 0.335 e. The van der Waals surface area contributed by atoms with E-state index in [-0.39, 0.29) is 5.56 Å². The number of hydrogen-bond acceptors (Lipinski definition) is 6. The fraction of sp³-hybridized carbons (Fsp3) is 0.200. The summed E-state index contributed by atoms with van der Waals surface area (Å²) in [5.41, 5.74) is 6.22. The average Bonchev–Trinajstić information content (AvgIpc) is 2.66. The van der Waals surface area contributed by atoms with Crippen LogP contribution in [0.2, 0.25) is 0 Å². The van der Waals surface area contributed by atoms with E-state index in [1.165, 1.54) is 17.4 Å². The summed E-state index contributed by atoms with van der Waals surface area (Å²) in [4.78, 5) is 14.6. The molecule has 0 spiro atoms. The lowest BCUT2D eigenvalue weighted by Crippen LogP contribution is -2.27. The van der Waals surface area contributed by atoms with Gasteiger partial charge in [0.1, 0.15) is 6.10 Å². The Kier molecular flexibility index (Phi) is 2.97. The number of anilines is 1. The van der Waals surface area contributed by atoms with Gasteiger partial charge in [0.15, 0.2) is 11.2 Å². The zero-order valence-electron chi connectivity index (χ0n) is 8.57. The van der Waals surface area contributed by atoms with Crippen LogP contribution >= 0.6 is 11.3 Å². The van der Waals surface area contributed by atoms with Crippen molar-refractivity contribution in [2.24, 2.45) is 0 Å². The molecule has 1 heterocycles. The maximum absolute atomic E-state index is 10.6. The van der Waals surface area contributed by atoms with Crippen molar-refractivity contribution in [3.63, 3.8) is 0 Å². The second-order valence-corrected chi connectivity index (χ2v) is 4.54. The van der Waals surface area contributed by atoms with Gasteiger partial charge in [0, 0.05) is 5.56 Å². The fourth-order valence-corrected chi connectivity index (χ4v) is 2.30. The maximum Gasteiger partial charge on any atom is 0.335 e. The van der Waals surface area contributed by atoms with E-state index in [9.17, 15) is 15.0 Å². The van der Waals surface area contributed by atoms with Crippen LogP contribution < -0.4 is 5.73 Å². The zero-order valence-corrected chi connectivity index (χ0v) is 9.39. The highest BCUT2D eigenvalue weighted by Gasteiger charge is 2.27. The van der Waals surface area contributed by atoms with Gasteiger partial charge in [-0.15, -0.1) is 0 Å². The van der Waals surface area contributed by atoms with Gasteiger partial charge in [0.05, 0.1) is 10.2 Å². The Morgan fingerprint density at radius 1 is 1.41 bits per heavy atom. The summed E-state index contributed by atoms with van der Waals surface area (Å²) in [6, 6.07) is 4.91. The van der Waals surface area contributed by atoms with Crippen molar-refractivity contribution in [2.45, 2.75) is 12.2 Å². The second kappa shape index (κ2) is 4.28. The lowest BCUT2D eigenvalue weighted by molar-refractivity contribution is -0.153. The number of para-hydroxylation sites is 1. The highest BCUT2D eigenvalue weighted by Crippen LogP contribution is 2.30. The first-order valence-corrected chi connectivity index (χ1v) is 5.56. The van der Waals surface area contributed by atoms with Gasteiger partial charge in [-0.1, -0.05) is 23.5 Å². The Hall–Kier alpha value is -1.70. The highest BCUT2D eigenvalue weighted by atomic mass is 32.1. The number of aliphatic hydroxyl groups excluding tert-OH is 2. The molecule has 2 aromatic rings. The summed E-state index contributed by atoms with van der Waals surface area (Å²) in [6.07, 6.45) is -3.42. The van der Waals surface area contributed by atoms with Crippen molar-refractivity contribution >= 4 is 32.7 Å². The summed E-state index contributed by atoms with van der Waals surface area (Å²) >= 11 is 1.23. The molecule has 17 heavy (non-hydrogen) atoms. The lowest BCUT2D eigenvalue weighted by atomic mass is 10.0. The normalized spacial score (nSPS) is 14.7. The van der Waals surface area contributed by atoms with Crippen molar-refractivity contribution in [1.29, 1.82) is 0 Å². The van der Waals surface area contributed by atoms with Crippen molar-refractivity contribution in [1.82, 2.24) is 4.98 Å². The summed E-state index contributed by atoms with van der Waals surface area (Å²) in [5, 5.41) is 28.0. The SMILES string of the molecule is Nc1nc2c(C(O)C(O)C(=O)O)cccc2s1. The molecule has 2 atom stereocenters. The van der Waals surface area contributed by atoms with E-state index < -0.39 is 18.2 Å². The van der Waals surface area contributed by atoms with Gasteiger partial charge >= 0.3 is 5.97 Å². The van der Waals surface area contributed by atoms with Gasteiger partial charge < -0.3 is 21.1 Å². The lowest BCUT2D eigenvalue weighted by Gasteiger charge is -2.14. The van der Waals surface area contributed by atoms with Gasteiger partial charge in [-0.25, -0.2) is 9.78 Å². The highest BCUT2D eigenvalue weighted by molar-refractivity contribution is 7.22. The first-order valence-electron chi connectivity index (χ1n) is 4.74. The minimum atomic E-state index is -1.89. The van der Waals surface area contributed by atoms with Crippen LogP contribution in [0.5, 0.6) is 0 Å². The van der Waals surface area contributed by atoms with Crippen LogP contribution in [-0.2, 0) is 4.79 Å². The Labute approximate surface area is 100.0 Å². The van der Waals surface area contributed by atoms with Crippen LogP contribution in [0.3, 0.4) is 0 Å². The molecular weight excluding hydrogens is 244 g/mol. The Morgan fingerprint density at radius 2 is 2.12 bits per heavy atom. The number of nitrogen functional groups attached to an aromatic ring is 1. The van der Waals surface area contributed by atoms with E-state index in [4.69, 9.17) is 10.8 Å². The number of benzene rings is 1. The van der Waals surface area contributed by atoms with E-state index in [0.717, 1.165) is 4.70 Å². The number of fused-ring (bicyclic) bond motifs is 1. The number of aromatic nitrogens is 1. The van der Waals surface area contributed by atoms with Crippen LogP contribution in [0.15, 0.2) is 18.2 Å². The molecule has 0 bridgehead atoms. The van der Waals surface area contributed by atoms with Gasteiger partial charge in [-0.05, 0) is 6.07 Å². The summed E-state index contributed by atoms with van der Waals surface area (Å²) < 4.78 is 0.733. The zero-order chi connectivity index (χ0) is 12.6. The molecule has 2 unspecified atom stereocenters. The first kappa shape index (κ1) is 11.8. The molecular formula is C10H10N2O4S. The van der Waals surface area contributed by atoms with Crippen molar-refractivity contribution in [2.75, 3.05) is 5.73 Å². The predicted molar refractivity (Wildman–Crippen MR) is 62.6 cm³/mol. The number of rotatable bonds is 3. The topological polar surface area (TPSA) is 117 Å². The first-order chi connectivity index (χ1) is 8.00. The number of hydrogen-bond donors (Lipinski definition) is 4. The molecule has 0 amide bonds. The Morgan fingerprint density at radius 3 is 2.76 bits per heavy atom. The van der Waals surface area contributed by atoms with Crippen molar-refractivity contribution < 1.29 is 20.1 Å². The average molecular weight is 254 g/mol. The number of thiazole rings is 1. The molecule has 90 valence electrons. The van der Waals surface area contributed by atoms with E-state index in [1.54, 1.807) is 12.1 Å². The van der Waals surface area contributed by atoms with Crippen molar-refractivity contribution in [3.05, 3.63) is 23.8 Å². The molecule has 0 aliphatic heterocycles. The molecule has 0 aliphatic carbocycles. The molecule has 0 fully saturated rings. The molecule has 0 saturated heterocycles. The monoisotopic (exact) mass is 254 g/mol. The molecule has 5 N–H and O–H groups in total. The summed E-state index contributed by atoms with van der Waals surface area (Å²) in [5.74, 6) is -1.49. The van der Waals surface area contributed by atoms with E-state index >= 15 is 0 Å². The largest absolute Gasteiger partial charge is 0.479 e. The number of nitrogens with two attached hydrogens (primary N) is 1. The summed E-state index contributed by atoms with van der Waals surface area (Å²) in [7, 11) is 0. The van der Waals surface area contributed by atoms with Crippen LogP contribution in [0, 0.1) is 0 Å². The van der Waals surface area contributed by atoms with E-state index in [1.807, 2.05) is 0 Å².